The number of nitrogens with zero attached hydrogens (tertiary/aromatic N) is 1. The number of fused-ring (bicyclic) bond motifs is 1. The number of aromatic nitrogens is 1. The lowest BCUT2D eigenvalue weighted by Gasteiger charge is -2.11. The second-order valence-corrected chi connectivity index (χ2v) is 11.2. The van der Waals surface area contributed by atoms with Crippen molar-refractivity contribution in [2.75, 3.05) is 4.72 Å². The molecule has 0 atom stereocenters. The summed E-state index contributed by atoms with van der Waals surface area (Å²) in [6.07, 6.45) is 2.22. The van der Waals surface area contributed by atoms with E-state index in [1.54, 1.807) is 13.8 Å². The van der Waals surface area contributed by atoms with Gasteiger partial charge in [0.25, 0.3) is 0 Å². The maximum Gasteiger partial charge on any atom is 0.235 e. The first-order chi connectivity index (χ1) is 15.2. The third kappa shape index (κ3) is 4.58. The highest BCUT2D eigenvalue weighted by molar-refractivity contribution is 7.93. The third-order valence-corrected chi connectivity index (χ3v) is 7.39. The van der Waals surface area contributed by atoms with Crippen LogP contribution in [0.2, 0.25) is 0 Å². The molecule has 0 unspecified atom stereocenters. The number of sulfonamides is 1. The van der Waals surface area contributed by atoms with Gasteiger partial charge in [0, 0.05) is 34.9 Å². The predicted molar refractivity (Wildman–Crippen MR) is 135 cm³/mol. The minimum Gasteiger partial charge on any atom is -0.347 e. The van der Waals surface area contributed by atoms with Crippen LogP contribution in [0.1, 0.15) is 27.7 Å². The Hall–Kier alpha value is -3.05. The summed E-state index contributed by atoms with van der Waals surface area (Å²) >= 11 is 0. The Bertz CT molecular complexity index is 1320. The van der Waals surface area contributed by atoms with Crippen LogP contribution in [0.15, 0.2) is 79.0 Å². The highest BCUT2D eigenvalue weighted by atomic mass is 32.2. The van der Waals surface area contributed by atoms with Crippen LogP contribution in [0.3, 0.4) is 0 Å². The molecule has 1 aromatic heterocycles. The molecule has 0 bridgehead atoms. The van der Waals surface area contributed by atoms with Gasteiger partial charge in [-0.1, -0.05) is 68.4 Å². The monoisotopic (exact) mass is 446 g/mol. The average Bonchev–Trinajstić information content (AvgIpc) is 3.11. The fourth-order valence-electron chi connectivity index (χ4n) is 3.88. The minimum atomic E-state index is -3.36. The average molecular weight is 447 g/mol. The summed E-state index contributed by atoms with van der Waals surface area (Å²) in [5.41, 5.74) is 6.41. The van der Waals surface area contributed by atoms with Crippen molar-refractivity contribution < 1.29 is 8.42 Å². The largest absolute Gasteiger partial charge is 0.347 e. The van der Waals surface area contributed by atoms with Gasteiger partial charge < -0.3 is 4.57 Å². The summed E-state index contributed by atoms with van der Waals surface area (Å²) < 4.78 is 29.3. The maximum atomic E-state index is 12.2. The van der Waals surface area contributed by atoms with Gasteiger partial charge in [0.15, 0.2) is 0 Å². The number of hydrogen-bond donors (Lipinski definition) is 1. The van der Waals surface area contributed by atoms with E-state index in [0.29, 0.717) is 11.6 Å². The van der Waals surface area contributed by atoms with E-state index in [4.69, 9.17) is 0 Å². The number of hydrogen-bond acceptors (Lipinski definition) is 2. The van der Waals surface area contributed by atoms with E-state index in [1.807, 2.05) is 30.3 Å². The van der Waals surface area contributed by atoms with Gasteiger partial charge in [-0.15, -0.1) is 0 Å². The normalized spacial score (nSPS) is 12.1. The molecule has 0 aliphatic heterocycles. The summed E-state index contributed by atoms with van der Waals surface area (Å²) in [4.78, 5) is 0. The van der Waals surface area contributed by atoms with E-state index in [2.05, 4.69) is 71.8 Å². The van der Waals surface area contributed by atoms with E-state index in [9.17, 15) is 8.42 Å². The number of rotatable bonds is 7. The lowest BCUT2D eigenvalue weighted by Crippen LogP contribution is -2.22. The predicted octanol–water partition coefficient (Wildman–Crippen LogP) is 6.78. The smallest absolute Gasteiger partial charge is 0.235 e. The van der Waals surface area contributed by atoms with Crippen molar-refractivity contribution in [3.05, 3.63) is 79.0 Å². The summed E-state index contributed by atoms with van der Waals surface area (Å²) in [7, 11) is -3.36. The van der Waals surface area contributed by atoms with Crippen LogP contribution in [-0.2, 0) is 16.6 Å². The minimum absolute atomic E-state index is 0.477. The van der Waals surface area contributed by atoms with Gasteiger partial charge in [-0.05, 0) is 54.7 Å². The first-order valence-electron chi connectivity index (χ1n) is 11.0. The van der Waals surface area contributed by atoms with Crippen molar-refractivity contribution in [3.8, 4) is 22.3 Å². The van der Waals surface area contributed by atoms with Crippen molar-refractivity contribution in [2.45, 2.75) is 39.5 Å². The van der Waals surface area contributed by atoms with Gasteiger partial charge in [-0.3, -0.25) is 4.72 Å². The Balaban J connectivity index is 1.75. The molecule has 4 rings (SSSR count). The van der Waals surface area contributed by atoms with E-state index < -0.39 is 15.3 Å². The molecule has 0 amide bonds. The van der Waals surface area contributed by atoms with Crippen LogP contribution in [0.5, 0.6) is 0 Å². The molecule has 0 aliphatic rings. The van der Waals surface area contributed by atoms with Gasteiger partial charge in [0.05, 0.1) is 5.25 Å². The van der Waals surface area contributed by atoms with E-state index in [1.165, 1.54) is 22.0 Å². The number of anilines is 1. The topological polar surface area (TPSA) is 51.1 Å². The van der Waals surface area contributed by atoms with E-state index >= 15 is 0 Å². The van der Waals surface area contributed by atoms with Crippen LogP contribution in [0, 0.1) is 5.92 Å². The Morgan fingerprint density at radius 1 is 0.812 bits per heavy atom. The van der Waals surface area contributed by atoms with Gasteiger partial charge >= 0.3 is 0 Å². The molecule has 0 saturated heterocycles. The molecule has 0 radical (unpaired) electrons. The van der Waals surface area contributed by atoms with Crippen molar-refractivity contribution in [1.29, 1.82) is 0 Å². The molecule has 1 N–H and O–H groups in total. The van der Waals surface area contributed by atoms with E-state index in [-0.39, 0.29) is 0 Å². The molecule has 4 aromatic rings. The van der Waals surface area contributed by atoms with Crippen molar-refractivity contribution in [1.82, 2.24) is 4.57 Å². The quantitative estimate of drug-likeness (QED) is 0.340. The lowest BCUT2D eigenvalue weighted by atomic mass is 10.0. The molecule has 1 heterocycles. The van der Waals surface area contributed by atoms with Gasteiger partial charge in [-0.2, -0.15) is 0 Å². The second-order valence-electron chi connectivity index (χ2n) is 8.96. The van der Waals surface area contributed by atoms with Crippen LogP contribution in [0.25, 0.3) is 33.2 Å². The van der Waals surface area contributed by atoms with Gasteiger partial charge in [0.1, 0.15) is 0 Å². The van der Waals surface area contributed by atoms with Crippen molar-refractivity contribution in [2.24, 2.45) is 5.92 Å². The van der Waals surface area contributed by atoms with E-state index in [0.717, 1.165) is 17.7 Å². The molecule has 5 heteroatoms. The van der Waals surface area contributed by atoms with Crippen LogP contribution >= 0.6 is 0 Å². The standard InChI is InChI=1S/C27H30N2O2S/c1-19(2)17-29-18-26(22-10-13-24(14-11-22)28-32(30,31)20(3)4)25-15-12-23(16-27(25)29)21-8-6-5-7-9-21/h5-16,18-20,28H,17H2,1-4H3. The Kier molecular flexibility index (Phi) is 6.11. The van der Waals surface area contributed by atoms with Crippen molar-refractivity contribution in [3.63, 3.8) is 0 Å². The fraction of sp³-hybridized carbons (Fsp3) is 0.259. The van der Waals surface area contributed by atoms with Crippen molar-refractivity contribution >= 4 is 26.6 Å². The summed E-state index contributed by atoms with van der Waals surface area (Å²) in [6.45, 7) is 8.72. The Labute approximate surface area is 191 Å². The van der Waals surface area contributed by atoms with Crippen LogP contribution in [0.4, 0.5) is 5.69 Å². The maximum absolute atomic E-state index is 12.2. The van der Waals surface area contributed by atoms with Gasteiger partial charge in [-0.25, -0.2) is 8.42 Å². The third-order valence-electron chi connectivity index (χ3n) is 5.63. The molecular formula is C27H30N2O2S. The molecule has 3 aromatic carbocycles. The zero-order valence-corrected chi connectivity index (χ0v) is 19.9. The molecule has 32 heavy (non-hydrogen) atoms. The number of nitrogens with one attached hydrogen (secondary N) is 1. The molecule has 0 aliphatic carbocycles. The zero-order valence-electron chi connectivity index (χ0n) is 19.0. The molecule has 0 saturated carbocycles. The number of benzene rings is 3. The van der Waals surface area contributed by atoms with Gasteiger partial charge in [0.2, 0.25) is 10.0 Å². The summed E-state index contributed by atoms with van der Waals surface area (Å²) in [5, 5.41) is 0.718. The van der Waals surface area contributed by atoms with Crippen LogP contribution < -0.4 is 4.72 Å². The second kappa shape index (κ2) is 8.83. The zero-order chi connectivity index (χ0) is 22.9. The molecule has 166 valence electrons. The Morgan fingerprint density at radius 2 is 1.47 bits per heavy atom. The lowest BCUT2D eigenvalue weighted by molar-refractivity contribution is 0.535. The molecular weight excluding hydrogens is 416 g/mol. The van der Waals surface area contributed by atoms with Crippen LogP contribution in [-0.4, -0.2) is 18.2 Å². The molecule has 0 fully saturated rings. The first-order valence-corrected chi connectivity index (χ1v) is 12.6. The molecule has 4 nitrogen and oxygen atoms in total. The SMILES string of the molecule is CC(C)Cn1cc(-c2ccc(NS(=O)(=O)C(C)C)cc2)c2ccc(-c3ccccc3)cc21. The molecule has 0 spiro atoms. The highest BCUT2D eigenvalue weighted by Gasteiger charge is 2.16. The highest BCUT2D eigenvalue weighted by Crippen LogP contribution is 2.34. The fourth-order valence-corrected chi connectivity index (χ4v) is 4.58. The first kappa shape index (κ1) is 22.2. The Morgan fingerprint density at radius 3 is 2.09 bits per heavy atom. The summed E-state index contributed by atoms with van der Waals surface area (Å²) in [5.74, 6) is 0.520. The summed E-state index contributed by atoms with van der Waals surface area (Å²) in [6, 6.07) is 24.7.